The lowest BCUT2D eigenvalue weighted by atomic mass is 10.0. The lowest BCUT2D eigenvalue weighted by Gasteiger charge is -2.37. The van der Waals surface area contributed by atoms with Crippen LogP contribution in [0.1, 0.15) is 23.9 Å². The molecule has 0 aromatic carbocycles. The number of anilines is 1. The van der Waals surface area contributed by atoms with Gasteiger partial charge in [0.25, 0.3) is 0 Å². The number of aliphatic carboxylic acids is 1. The molecule has 2 aromatic heterocycles. The van der Waals surface area contributed by atoms with Crippen LogP contribution in [-0.2, 0) is 20.7 Å². The predicted molar refractivity (Wildman–Crippen MR) is 140 cm³/mol. The largest absolute Gasteiger partial charge is 0.481 e. The SMILES string of the molecule is COC(=O)C1=C(CN2CCN3C(=O)N(c4cncc(CCC(=O)O)c4)C[C@@H]3C2)NC(c2nccs2)=N[C@H]1C. The molecule has 5 heterocycles. The summed E-state index contributed by atoms with van der Waals surface area (Å²) in [5.74, 6) is -0.661. The number of aryl methyl sites for hydroxylation is 1. The summed E-state index contributed by atoms with van der Waals surface area (Å²) in [7, 11) is 1.36. The number of aliphatic imine (C=N–C) groups is 1. The number of carboxylic acids is 1. The number of piperazine rings is 1. The van der Waals surface area contributed by atoms with Crippen molar-refractivity contribution >= 4 is 40.8 Å². The van der Waals surface area contributed by atoms with E-state index >= 15 is 0 Å². The molecule has 12 nitrogen and oxygen atoms in total. The lowest BCUT2D eigenvalue weighted by Crippen LogP contribution is -2.53. The number of pyridine rings is 1. The fourth-order valence-electron chi connectivity index (χ4n) is 5.09. The Balaban J connectivity index is 1.30. The molecule has 2 aromatic rings. The molecule has 13 heteroatoms. The quantitative estimate of drug-likeness (QED) is 0.476. The Morgan fingerprint density at radius 2 is 2.11 bits per heavy atom. The zero-order valence-corrected chi connectivity index (χ0v) is 22.0. The van der Waals surface area contributed by atoms with Gasteiger partial charge in [0, 0.05) is 62.6 Å². The number of carbonyl (C=O) groups excluding carboxylic acids is 2. The van der Waals surface area contributed by atoms with Crippen molar-refractivity contribution in [3.63, 3.8) is 0 Å². The van der Waals surface area contributed by atoms with Gasteiger partial charge in [0.15, 0.2) is 10.8 Å². The van der Waals surface area contributed by atoms with Crippen LogP contribution >= 0.6 is 11.3 Å². The fraction of sp³-hybridized carbons (Fsp3) is 0.440. The van der Waals surface area contributed by atoms with Gasteiger partial charge in [0.2, 0.25) is 0 Å². The zero-order chi connectivity index (χ0) is 26.8. The van der Waals surface area contributed by atoms with E-state index < -0.39 is 11.9 Å². The summed E-state index contributed by atoms with van der Waals surface area (Å²) < 4.78 is 5.06. The molecule has 38 heavy (non-hydrogen) atoms. The van der Waals surface area contributed by atoms with Crippen molar-refractivity contribution in [2.45, 2.75) is 31.8 Å². The number of methoxy groups -OCH3 is 1. The molecule has 2 atom stereocenters. The molecule has 0 bridgehead atoms. The molecule has 2 amide bonds. The highest BCUT2D eigenvalue weighted by molar-refractivity contribution is 7.11. The maximum Gasteiger partial charge on any atom is 0.337 e. The van der Waals surface area contributed by atoms with Gasteiger partial charge < -0.3 is 20.1 Å². The summed E-state index contributed by atoms with van der Waals surface area (Å²) in [5, 5.41) is 14.9. The number of hydrogen-bond acceptors (Lipinski definition) is 10. The van der Waals surface area contributed by atoms with Crippen LogP contribution in [0, 0.1) is 0 Å². The summed E-state index contributed by atoms with van der Waals surface area (Å²) in [6.07, 6.45) is 5.35. The third kappa shape index (κ3) is 5.24. The minimum Gasteiger partial charge on any atom is -0.481 e. The first-order valence-corrected chi connectivity index (χ1v) is 13.2. The highest BCUT2D eigenvalue weighted by Crippen LogP contribution is 2.28. The molecule has 3 aliphatic heterocycles. The van der Waals surface area contributed by atoms with Crippen LogP contribution in [-0.4, -0.2) is 101 Å². The second kappa shape index (κ2) is 10.9. The molecule has 0 unspecified atom stereocenters. The van der Waals surface area contributed by atoms with Crippen LogP contribution < -0.4 is 10.2 Å². The van der Waals surface area contributed by atoms with Crippen LogP contribution in [0.25, 0.3) is 0 Å². The van der Waals surface area contributed by atoms with Gasteiger partial charge in [0.05, 0.1) is 36.7 Å². The minimum absolute atomic E-state index is 0.00776. The number of hydrogen-bond donors (Lipinski definition) is 2. The molecule has 3 aliphatic rings. The van der Waals surface area contributed by atoms with Crippen LogP contribution in [0.5, 0.6) is 0 Å². The zero-order valence-electron chi connectivity index (χ0n) is 21.2. The fourth-order valence-corrected chi connectivity index (χ4v) is 5.68. The Labute approximate surface area is 223 Å². The van der Waals surface area contributed by atoms with Crippen molar-refractivity contribution < 1.29 is 24.2 Å². The number of amidine groups is 1. The van der Waals surface area contributed by atoms with Gasteiger partial charge >= 0.3 is 18.0 Å². The van der Waals surface area contributed by atoms with E-state index in [0.29, 0.717) is 56.2 Å². The number of aromatic nitrogens is 2. The average molecular weight is 540 g/mol. The first kappa shape index (κ1) is 25.8. The van der Waals surface area contributed by atoms with Crippen molar-refractivity contribution in [2.24, 2.45) is 4.99 Å². The van der Waals surface area contributed by atoms with Gasteiger partial charge in [0.1, 0.15) is 0 Å². The number of nitrogens with zero attached hydrogens (tertiary/aromatic N) is 6. The number of thiazole rings is 1. The van der Waals surface area contributed by atoms with E-state index in [9.17, 15) is 14.4 Å². The van der Waals surface area contributed by atoms with Crippen molar-refractivity contribution in [1.29, 1.82) is 0 Å². The van der Waals surface area contributed by atoms with Gasteiger partial charge in [-0.05, 0) is 25.0 Å². The van der Waals surface area contributed by atoms with Crippen molar-refractivity contribution in [3.05, 3.63) is 51.9 Å². The van der Waals surface area contributed by atoms with Crippen LogP contribution in [0.15, 0.2) is 46.3 Å². The van der Waals surface area contributed by atoms with E-state index in [0.717, 1.165) is 16.3 Å². The number of carboxylic acid groups (broad SMARTS) is 1. The van der Waals surface area contributed by atoms with E-state index in [1.54, 1.807) is 23.5 Å². The second-order valence-electron chi connectivity index (χ2n) is 9.42. The minimum atomic E-state index is -0.873. The number of amides is 2. The Kier molecular flexibility index (Phi) is 7.38. The third-order valence-electron chi connectivity index (χ3n) is 6.91. The summed E-state index contributed by atoms with van der Waals surface area (Å²) >= 11 is 1.47. The van der Waals surface area contributed by atoms with Gasteiger partial charge in [-0.15, -0.1) is 11.3 Å². The molecule has 0 radical (unpaired) electrons. The average Bonchev–Trinajstić information content (AvgIpc) is 3.55. The summed E-state index contributed by atoms with van der Waals surface area (Å²) in [5.41, 5.74) is 2.67. The Morgan fingerprint density at radius 3 is 2.84 bits per heavy atom. The van der Waals surface area contributed by atoms with Gasteiger partial charge in [-0.1, -0.05) is 0 Å². The molecule has 2 saturated heterocycles. The molecule has 0 spiro atoms. The number of nitrogens with one attached hydrogen (secondary N) is 1. The summed E-state index contributed by atoms with van der Waals surface area (Å²) in [4.78, 5) is 55.8. The maximum atomic E-state index is 13.2. The first-order chi connectivity index (χ1) is 18.3. The topological polar surface area (TPSA) is 141 Å². The Morgan fingerprint density at radius 1 is 1.26 bits per heavy atom. The number of fused-ring (bicyclic) bond motifs is 1. The smallest absolute Gasteiger partial charge is 0.337 e. The lowest BCUT2D eigenvalue weighted by molar-refractivity contribution is -0.137. The molecule has 2 fully saturated rings. The van der Waals surface area contributed by atoms with Gasteiger partial charge in [-0.25, -0.2) is 14.6 Å². The molecule has 0 saturated carbocycles. The predicted octanol–water partition coefficient (Wildman–Crippen LogP) is 1.35. The van der Waals surface area contributed by atoms with E-state index in [-0.39, 0.29) is 24.5 Å². The molecular formula is C25H29N7O5S. The van der Waals surface area contributed by atoms with E-state index in [1.807, 2.05) is 23.3 Å². The number of carbonyl (C=O) groups is 3. The van der Waals surface area contributed by atoms with Crippen LogP contribution in [0.4, 0.5) is 10.5 Å². The Hall–Kier alpha value is -3.84. The van der Waals surface area contributed by atoms with E-state index in [2.05, 4.69) is 25.2 Å². The molecule has 0 aliphatic carbocycles. The number of esters is 1. The molecular weight excluding hydrogens is 510 g/mol. The third-order valence-corrected chi connectivity index (χ3v) is 7.69. The van der Waals surface area contributed by atoms with Gasteiger partial charge in [-0.2, -0.15) is 0 Å². The van der Waals surface area contributed by atoms with Crippen molar-refractivity contribution in [2.75, 3.05) is 44.7 Å². The van der Waals surface area contributed by atoms with Crippen molar-refractivity contribution in [1.82, 2.24) is 25.1 Å². The number of ether oxygens (including phenoxy) is 1. The first-order valence-electron chi connectivity index (χ1n) is 12.4. The number of rotatable bonds is 8. The van der Waals surface area contributed by atoms with E-state index in [1.165, 1.54) is 18.4 Å². The maximum absolute atomic E-state index is 13.2. The summed E-state index contributed by atoms with van der Waals surface area (Å²) in [6, 6.07) is 1.34. The molecule has 2 N–H and O–H groups in total. The summed E-state index contributed by atoms with van der Waals surface area (Å²) in [6.45, 7) is 4.67. The van der Waals surface area contributed by atoms with E-state index in [4.69, 9.17) is 9.84 Å². The van der Waals surface area contributed by atoms with Gasteiger partial charge in [-0.3, -0.25) is 24.6 Å². The normalized spacial score (nSPS) is 21.7. The second-order valence-corrected chi connectivity index (χ2v) is 10.3. The monoisotopic (exact) mass is 539 g/mol. The standard InChI is InChI=1S/C25H29N7O5S/c1-15-21(24(35)37-2)19(29-22(28-15)23-27-5-8-38-23)14-30-6-7-31-18(12-30)13-32(25(31)36)17-9-16(10-26-11-17)3-4-20(33)34/h5,8-11,15,18H,3-4,6-7,12-14H2,1-2H3,(H,28,29)(H,33,34)/t15-,18-/m0/s1. The molecule has 200 valence electrons. The van der Waals surface area contributed by atoms with Crippen LogP contribution in [0.3, 0.4) is 0 Å². The number of urea groups is 1. The molecule has 5 rings (SSSR count). The van der Waals surface area contributed by atoms with Crippen molar-refractivity contribution in [3.8, 4) is 0 Å². The highest BCUT2D eigenvalue weighted by atomic mass is 32.1. The Bertz CT molecular complexity index is 1290. The highest BCUT2D eigenvalue weighted by Gasteiger charge is 2.42. The van der Waals surface area contributed by atoms with Crippen LogP contribution in [0.2, 0.25) is 0 Å².